The summed E-state index contributed by atoms with van der Waals surface area (Å²) in [5.41, 5.74) is 0. The summed E-state index contributed by atoms with van der Waals surface area (Å²) >= 11 is 0. The second kappa shape index (κ2) is 17.4. The Labute approximate surface area is 128 Å². The van der Waals surface area contributed by atoms with Gasteiger partial charge in [-0.3, -0.25) is 19.2 Å². The van der Waals surface area contributed by atoms with Crippen LogP contribution < -0.4 is 0 Å². The van der Waals surface area contributed by atoms with Crippen molar-refractivity contribution >= 4 is 23.9 Å². The molecule has 0 heterocycles. The number of esters is 4. The standard InChI is InChI=1S/2C5H8O4.O.V/c2*1-8-4(6)3-5(7)9-2;;/h2*3H2,1-2H3;;/q;;-2;+4. The predicted octanol–water partition coefficient (Wildman–Crippen LogP) is -0.676. The molecule has 0 rings (SSSR count). The molecule has 0 bridgehead atoms. The van der Waals surface area contributed by atoms with Crippen LogP contribution in [0.25, 0.3) is 0 Å². The minimum absolute atomic E-state index is 0. The molecule has 0 aliphatic carbocycles. The predicted molar refractivity (Wildman–Crippen MR) is 58.0 cm³/mol. The van der Waals surface area contributed by atoms with Crippen molar-refractivity contribution in [3.8, 4) is 0 Å². The SMILES string of the molecule is COC(=O)CC(=O)OC.COC(=O)CC(=O)OC.[O-2].[V+4]. The van der Waals surface area contributed by atoms with E-state index in [2.05, 4.69) is 18.9 Å². The van der Waals surface area contributed by atoms with Gasteiger partial charge in [-0.2, -0.15) is 0 Å². The molecule has 0 aromatic carbocycles. The van der Waals surface area contributed by atoms with E-state index < -0.39 is 23.9 Å². The molecule has 0 unspecified atom stereocenters. The third-order valence-corrected chi connectivity index (χ3v) is 1.49. The zero-order valence-corrected chi connectivity index (χ0v) is 12.9. The molecular weight excluding hydrogens is 315 g/mol. The molecule has 0 aliphatic heterocycles. The first-order chi connectivity index (χ1) is 8.40. The fourth-order valence-corrected chi connectivity index (χ4v) is 0.524. The van der Waals surface area contributed by atoms with Gasteiger partial charge in [0.1, 0.15) is 12.8 Å². The van der Waals surface area contributed by atoms with Crippen LogP contribution >= 0.6 is 0 Å². The number of hydrogen-bond donors (Lipinski definition) is 0. The van der Waals surface area contributed by atoms with Crippen molar-refractivity contribution in [2.24, 2.45) is 0 Å². The molecule has 0 saturated carbocycles. The number of carbonyl (C=O) groups excluding carboxylic acids is 4. The maximum Gasteiger partial charge on any atom is 4.00 e. The van der Waals surface area contributed by atoms with Gasteiger partial charge >= 0.3 is 42.4 Å². The van der Waals surface area contributed by atoms with Gasteiger partial charge in [-0.15, -0.1) is 0 Å². The Morgan fingerprint density at radius 1 is 0.600 bits per heavy atom. The van der Waals surface area contributed by atoms with Crippen LogP contribution in [0.3, 0.4) is 0 Å². The van der Waals surface area contributed by atoms with Crippen LogP contribution in [0.5, 0.6) is 0 Å². The van der Waals surface area contributed by atoms with Crippen LogP contribution in [0.2, 0.25) is 0 Å². The van der Waals surface area contributed by atoms with Gasteiger partial charge in [-0.1, -0.05) is 0 Å². The van der Waals surface area contributed by atoms with Gasteiger partial charge < -0.3 is 24.4 Å². The van der Waals surface area contributed by atoms with E-state index in [4.69, 9.17) is 0 Å². The molecule has 0 aliphatic rings. The molecule has 10 heteroatoms. The fourth-order valence-electron chi connectivity index (χ4n) is 0.524. The Hall–Kier alpha value is -1.58. The quantitative estimate of drug-likeness (QED) is 0.376. The minimum atomic E-state index is -0.582. The third kappa shape index (κ3) is 18.8. The maximum atomic E-state index is 10.3. The second-order valence-corrected chi connectivity index (χ2v) is 2.66. The van der Waals surface area contributed by atoms with Crippen molar-refractivity contribution in [2.45, 2.75) is 12.8 Å². The van der Waals surface area contributed by atoms with E-state index in [1.54, 1.807) is 0 Å². The van der Waals surface area contributed by atoms with Crippen molar-refractivity contribution in [1.29, 1.82) is 0 Å². The number of methoxy groups -OCH3 is 4. The molecule has 0 atom stereocenters. The molecule has 1 radical (unpaired) electrons. The van der Waals surface area contributed by atoms with Crippen molar-refractivity contribution in [1.82, 2.24) is 0 Å². The van der Waals surface area contributed by atoms with E-state index >= 15 is 0 Å². The summed E-state index contributed by atoms with van der Waals surface area (Å²) in [6.45, 7) is 0. The van der Waals surface area contributed by atoms with Crippen LogP contribution in [0.4, 0.5) is 0 Å². The molecular formula is C10H16O9V+2. The molecule has 0 N–H and O–H groups in total. The first-order valence-corrected chi connectivity index (χ1v) is 4.68. The Morgan fingerprint density at radius 2 is 0.750 bits per heavy atom. The summed E-state index contributed by atoms with van der Waals surface area (Å²) in [5.74, 6) is -2.33. The van der Waals surface area contributed by atoms with E-state index in [0.717, 1.165) is 0 Å². The molecule has 0 aromatic heterocycles. The van der Waals surface area contributed by atoms with Crippen molar-refractivity contribution in [3.63, 3.8) is 0 Å². The van der Waals surface area contributed by atoms with Gasteiger partial charge in [0.15, 0.2) is 0 Å². The van der Waals surface area contributed by atoms with E-state index in [0.29, 0.717) is 0 Å². The molecule has 0 amide bonds. The molecule has 0 saturated heterocycles. The second-order valence-electron chi connectivity index (χ2n) is 2.66. The first-order valence-electron chi connectivity index (χ1n) is 4.68. The van der Waals surface area contributed by atoms with Crippen molar-refractivity contribution in [3.05, 3.63) is 0 Å². The molecule has 0 aromatic rings. The van der Waals surface area contributed by atoms with E-state index in [-0.39, 0.29) is 36.9 Å². The Balaban J connectivity index is -0.000000116. The number of ether oxygens (including phenoxy) is 4. The van der Waals surface area contributed by atoms with Crippen LogP contribution in [0.1, 0.15) is 12.8 Å². The number of hydrogen-bond acceptors (Lipinski definition) is 8. The van der Waals surface area contributed by atoms with Gasteiger partial charge in [-0.25, -0.2) is 0 Å². The molecule has 0 spiro atoms. The first kappa shape index (κ1) is 26.9. The molecule has 113 valence electrons. The molecule has 20 heavy (non-hydrogen) atoms. The Morgan fingerprint density at radius 3 is 0.850 bits per heavy atom. The van der Waals surface area contributed by atoms with E-state index in [9.17, 15) is 19.2 Å². The summed E-state index contributed by atoms with van der Waals surface area (Å²) in [7, 11) is 4.85. The number of carbonyl (C=O) groups is 4. The van der Waals surface area contributed by atoms with Crippen LogP contribution in [0, 0.1) is 0 Å². The average molecular weight is 331 g/mol. The van der Waals surface area contributed by atoms with Gasteiger partial charge in [0.2, 0.25) is 0 Å². The van der Waals surface area contributed by atoms with E-state index in [1.807, 2.05) is 0 Å². The smallest absolute Gasteiger partial charge is 2.00 e. The topological polar surface area (TPSA) is 134 Å². The summed E-state index contributed by atoms with van der Waals surface area (Å²) in [5, 5.41) is 0. The normalized spacial score (nSPS) is 7.40. The Kier molecular flexibility index (Phi) is 23.4. The third-order valence-electron chi connectivity index (χ3n) is 1.49. The van der Waals surface area contributed by atoms with Gasteiger partial charge in [0.05, 0.1) is 28.4 Å². The fraction of sp³-hybridized carbons (Fsp3) is 0.600. The van der Waals surface area contributed by atoms with Crippen molar-refractivity contribution in [2.75, 3.05) is 28.4 Å². The van der Waals surface area contributed by atoms with Gasteiger partial charge in [0.25, 0.3) is 0 Å². The average Bonchev–Trinajstić information content (AvgIpc) is 2.38. The summed E-state index contributed by atoms with van der Waals surface area (Å²) in [6.07, 6.45) is -0.625. The molecule has 0 fully saturated rings. The summed E-state index contributed by atoms with van der Waals surface area (Å²) in [4.78, 5) is 41.0. The van der Waals surface area contributed by atoms with Gasteiger partial charge in [-0.05, 0) is 0 Å². The van der Waals surface area contributed by atoms with Crippen molar-refractivity contribution < 1.29 is 62.2 Å². The van der Waals surface area contributed by atoms with Gasteiger partial charge in [0, 0.05) is 0 Å². The largest absolute Gasteiger partial charge is 4.00 e. The monoisotopic (exact) mass is 331 g/mol. The van der Waals surface area contributed by atoms with Crippen LogP contribution in [-0.4, -0.2) is 52.3 Å². The number of rotatable bonds is 4. The summed E-state index contributed by atoms with van der Waals surface area (Å²) < 4.78 is 16.7. The zero-order valence-electron chi connectivity index (χ0n) is 11.5. The van der Waals surface area contributed by atoms with Crippen LogP contribution in [-0.2, 0) is 62.2 Å². The van der Waals surface area contributed by atoms with E-state index in [1.165, 1.54) is 28.4 Å². The zero-order chi connectivity index (χ0) is 14.6. The maximum absolute atomic E-state index is 10.3. The Bertz CT molecular complexity index is 245. The summed E-state index contributed by atoms with van der Waals surface area (Å²) in [6, 6.07) is 0. The molecule has 9 nitrogen and oxygen atoms in total. The minimum Gasteiger partial charge on any atom is -2.00 e. The van der Waals surface area contributed by atoms with Crippen LogP contribution in [0.15, 0.2) is 0 Å².